The summed E-state index contributed by atoms with van der Waals surface area (Å²) in [6.45, 7) is 2.47. The number of hydrogen-bond acceptors (Lipinski definition) is 3. The number of rotatable bonds is 2. The number of anilines is 1. The van der Waals surface area contributed by atoms with Gasteiger partial charge in [-0.2, -0.15) is 0 Å². The molecule has 1 saturated carbocycles. The van der Waals surface area contributed by atoms with Crippen LogP contribution in [0.1, 0.15) is 44.9 Å². The van der Waals surface area contributed by atoms with Crippen LogP contribution < -0.4 is 4.90 Å². The van der Waals surface area contributed by atoms with E-state index >= 15 is 0 Å². The van der Waals surface area contributed by atoms with Gasteiger partial charge in [0.2, 0.25) is 5.91 Å². The van der Waals surface area contributed by atoms with Gasteiger partial charge in [0.1, 0.15) is 0 Å². The molecule has 3 fully saturated rings. The molecule has 1 spiro atoms. The molecule has 0 radical (unpaired) electrons. The van der Waals surface area contributed by atoms with Gasteiger partial charge in [-0.05, 0) is 57.1 Å². The second kappa shape index (κ2) is 7.21. The van der Waals surface area contributed by atoms with Crippen LogP contribution >= 0.6 is 23.2 Å². The number of benzene rings is 1. The van der Waals surface area contributed by atoms with E-state index in [-0.39, 0.29) is 11.5 Å². The van der Waals surface area contributed by atoms with E-state index in [4.69, 9.17) is 23.2 Å². The Hall–Kier alpha value is -0.970. The fourth-order valence-corrected chi connectivity index (χ4v) is 5.43. The van der Waals surface area contributed by atoms with E-state index < -0.39 is 0 Å². The number of carbonyl (C=O) groups excluding carboxylic acids is 1. The van der Waals surface area contributed by atoms with Crippen molar-refractivity contribution >= 4 is 34.8 Å². The third-order valence-electron chi connectivity index (χ3n) is 6.50. The highest BCUT2D eigenvalue weighted by molar-refractivity contribution is 6.43. The molecule has 0 aromatic heterocycles. The Bertz CT molecular complexity index is 690. The lowest BCUT2D eigenvalue weighted by Crippen LogP contribution is -2.50. The summed E-state index contributed by atoms with van der Waals surface area (Å²) in [6, 6.07) is 6.01. The predicted molar refractivity (Wildman–Crippen MR) is 105 cm³/mol. The maximum absolute atomic E-state index is 13.4. The van der Waals surface area contributed by atoms with Crippen molar-refractivity contribution in [2.45, 2.75) is 57.1 Å². The lowest BCUT2D eigenvalue weighted by atomic mass is 9.78. The van der Waals surface area contributed by atoms with Crippen molar-refractivity contribution < 1.29 is 9.90 Å². The summed E-state index contributed by atoms with van der Waals surface area (Å²) in [5.74, 6) is 0.307. The smallest absolute Gasteiger partial charge is 0.230 e. The second-order valence-electron chi connectivity index (χ2n) is 8.09. The van der Waals surface area contributed by atoms with Crippen LogP contribution in [0, 0.1) is 5.41 Å². The number of likely N-dealkylation sites (tertiary alicyclic amines) is 1. The van der Waals surface area contributed by atoms with Crippen LogP contribution in [-0.4, -0.2) is 47.7 Å². The molecule has 1 amide bonds. The minimum atomic E-state index is -0.292. The lowest BCUT2D eigenvalue weighted by Gasteiger charge is -2.41. The van der Waals surface area contributed by atoms with Gasteiger partial charge in [0.05, 0.1) is 27.3 Å². The quantitative estimate of drug-likeness (QED) is 0.817. The highest BCUT2D eigenvalue weighted by Crippen LogP contribution is 2.45. The molecule has 3 aliphatic rings. The first-order valence-electron chi connectivity index (χ1n) is 9.68. The Labute approximate surface area is 165 Å². The molecule has 1 aliphatic carbocycles. The first-order valence-corrected chi connectivity index (χ1v) is 10.4. The fraction of sp³-hybridized carbons (Fsp3) is 0.650. The third kappa shape index (κ3) is 3.21. The number of halogens is 2. The Balaban J connectivity index is 1.52. The maximum Gasteiger partial charge on any atom is 0.230 e. The van der Waals surface area contributed by atoms with Crippen molar-refractivity contribution in [3.05, 3.63) is 28.2 Å². The maximum atomic E-state index is 13.4. The molecule has 1 unspecified atom stereocenters. The van der Waals surface area contributed by atoms with Gasteiger partial charge in [0, 0.05) is 25.7 Å². The summed E-state index contributed by atoms with van der Waals surface area (Å²) in [5.41, 5.74) is 0.644. The molecular weight excluding hydrogens is 371 g/mol. The van der Waals surface area contributed by atoms with Gasteiger partial charge >= 0.3 is 0 Å². The number of nitrogens with zero attached hydrogens (tertiary/aromatic N) is 2. The van der Waals surface area contributed by atoms with E-state index in [9.17, 15) is 9.90 Å². The zero-order valence-corrected chi connectivity index (χ0v) is 16.5. The zero-order valence-electron chi connectivity index (χ0n) is 15.0. The molecule has 2 aliphatic heterocycles. The van der Waals surface area contributed by atoms with Crippen LogP contribution in [0.5, 0.6) is 0 Å². The van der Waals surface area contributed by atoms with Crippen molar-refractivity contribution in [1.29, 1.82) is 0 Å². The van der Waals surface area contributed by atoms with Crippen molar-refractivity contribution in [3.8, 4) is 0 Å². The Morgan fingerprint density at radius 2 is 1.85 bits per heavy atom. The van der Waals surface area contributed by atoms with Crippen LogP contribution in [0.15, 0.2) is 18.2 Å². The van der Waals surface area contributed by atoms with Gasteiger partial charge in [-0.1, -0.05) is 29.3 Å². The molecule has 6 heteroatoms. The van der Waals surface area contributed by atoms with Crippen LogP contribution in [-0.2, 0) is 4.79 Å². The second-order valence-corrected chi connectivity index (χ2v) is 8.87. The van der Waals surface area contributed by atoms with E-state index in [0.29, 0.717) is 22.0 Å². The van der Waals surface area contributed by atoms with Crippen molar-refractivity contribution in [1.82, 2.24) is 4.90 Å². The molecule has 1 atom stereocenters. The van der Waals surface area contributed by atoms with Gasteiger partial charge in [-0.3, -0.25) is 4.79 Å². The van der Waals surface area contributed by atoms with E-state index in [0.717, 1.165) is 70.3 Å². The average molecular weight is 397 g/mol. The minimum absolute atomic E-state index is 0.187. The molecule has 2 saturated heterocycles. The Kier molecular flexibility index (Phi) is 5.10. The average Bonchev–Trinajstić information content (AvgIpc) is 2.94. The number of amides is 1. The van der Waals surface area contributed by atoms with Gasteiger partial charge < -0.3 is 14.9 Å². The standard InChI is InChI=1S/C20H26Cl2N2O2/c21-16-3-1-4-17(18(16)22)23-11-2-9-20(13-23)10-12-24(19(20)26)14-5-7-15(25)8-6-14/h1,3-4,14-15,25H,2,5-13H2. The molecule has 26 heavy (non-hydrogen) atoms. The van der Waals surface area contributed by atoms with Gasteiger partial charge in [0.15, 0.2) is 0 Å². The molecule has 4 rings (SSSR count). The summed E-state index contributed by atoms with van der Waals surface area (Å²) in [4.78, 5) is 17.7. The van der Waals surface area contributed by atoms with Crippen LogP contribution in [0.3, 0.4) is 0 Å². The number of carbonyl (C=O) groups is 1. The SMILES string of the molecule is O=C1N(C2CCC(O)CC2)CCC12CCCN(c1cccc(Cl)c1Cl)C2. The number of piperidine rings is 1. The van der Waals surface area contributed by atoms with Gasteiger partial charge in [-0.15, -0.1) is 0 Å². The topological polar surface area (TPSA) is 43.8 Å². The lowest BCUT2D eigenvalue weighted by molar-refractivity contribution is -0.139. The van der Waals surface area contributed by atoms with E-state index in [1.54, 1.807) is 6.07 Å². The molecule has 1 aromatic rings. The summed E-state index contributed by atoms with van der Waals surface area (Å²) >= 11 is 12.6. The third-order valence-corrected chi connectivity index (χ3v) is 7.31. The number of hydrogen-bond donors (Lipinski definition) is 1. The highest BCUT2D eigenvalue weighted by Gasteiger charge is 2.50. The summed E-state index contributed by atoms with van der Waals surface area (Å²) < 4.78 is 0. The van der Waals surface area contributed by atoms with Gasteiger partial charge in [0.25, 0.3) is 0 Å². The van der Waals surface area contributed by atoms with Crippen molar-refractivity contribution in [2.75, 3.05) is 24.5 Å². The number of aliphatic hydroxyl groups excluding tert-OH is 1. The van der Waals surface area contributed by atoms with Crippen LogP contribution in [0.25, 0.3) is 0 Å². The van der Waals surface area contributed by atoms with Crippen LogP contribution in [0.2, 0.25) is 10.0 Å². The van der Waals surface area contributed by atoms with Crippen LogP contribution in [0.4, 0.5) is 5.69 Å². The zero-order chi connectivity index (χ0) is 18.3. The van der Waals surface area contributed by atoms with Crippen molar-refractivity contribution in [2.24, 2.45) is 5.41 Å². The summed E-state index contributed by atoms with van der Waals surface area (Å²) in [7, 11) is 0. The normalized spacial score (nSPS) is 32.5. The molecule has 142 valence electrons. The van der Waals surface area contributed by atoms with E-state index in [1.165, 1.54) is 0 Å². The molecule has 1 aromatic carbocycles. The fourth-order valence-electron chi connectivity index (χ4n) is 5.02. The highest BCUT2D eigenvalue weighted by atomic mass is 35.5. The molecule has 0 bridgehead atoms. The van der Waals surface area contributed by atoms with E-state index in [2.05, 4.69) is 9.80 Å². The summed E-state index contributed by atoms with van der Waals surface area (Å²) in [6.07, 6.45) is 6.14. The largest absolute Gasteiger partial charge is 0.393 e. The minimum Gasteiger partial charge on any atom is -0.393 e. The Morgan fingerprint density at radius 1 is 1.08 bits per heavy atom. The first kappa shape index (κ1) is 18.4. The first-order chi connectivity index (χ1) is 12.5. The number of aliphatic hydroxyl groups is 1. The molecule has 4 nitrogen and oxygen atoms in total. The van der Waals surface area contributed by atoms with Crippen molar-refractivity contribution in [3.63, 3.8) is 0 Å². The van der Waals surface area contributed by atoms with E-state index in [1.807, 2.05) is 12.1 Å². The summed E-state index contributed by atoms with van der Waals surface area (Å²) in [5, 5.41) is 10.9. The molecule has 1 N–H and O–H groups in total. The predicted octanol–water partition coefficient (Wildman–Crippen LogP) is 4.12. The molecular formula is C20H26Cl2N2O2. The van der Waals surface area contributed by atoms with Gasteiger partial charge in [-0.25, -0.2) is 0 Å². The Morgan fingerprint density at radius 3 is 2.62 bits per heavy atom. The monoisotopic (exact) mass is 396 g/mol. The molecule has 2 heterocycles.